The first-order valence-electron chi connectivity index (χ1n) is 9.89. The van der Waals surface area contributed by atoms with Crippen molar-refractivity contribution < 1.29 is 19.1 Å². The average molecular weight is 432 g/mol. The van der Waals surface area contributed by atoms with Gasteiger partial charge in [-0.05, 0) is 30.3 Å². The normalized spacial score (nSPS) is 9.97. The van der Waals surface area contributed by atoms with Crippen LogP contribution < -0.4 is 20.1 Å². The maximum Gasteiger partial charge on any atom is 0.270 e. The summed E-state index contributed by atoms with van der Waals surface area (Å²) in [5.41, 5.74) is 2.53. The number of aromatic nitrogens is 2. The van der Waals surface area contributed by atoms with Gasteiger partial charge in [0.25, 0.3) is 5.91 Å². The van der Waals surface area contributed by atoms with Gasteiger partial charge in [-0.25, -0.2) is 0 Å². The third kappa shape index (κ3) is 5.89. The molecule has 1 aromatic heterocycles. The molecule has 2 aromatic carbocycles. The van der Waals surface area contributed by atoms with E-state index in [1.54, 1.807) is 44.5 Å². The Morgan fingerprint density at radius 3 is 2.69 bits per heavy atom. The minimum atomic E-state index is -0.278. The van der Waals surface area contributed by atoms with Crippen LogP contribution in [0, 0.1) is 11.8 Å². The number of anilines is 1. The molecule has 1 heterocycles. The molecule has 0 aliphatic rings. The Balaban J connectivity index is 1.53. The number of amides is 2. The highest BCUT2D eigenvalue weighted by atomic mass is 16.5. The number of rotatable bonds is 7. The topological polar surface area (TPSA) is 94.5 Å². The van der Waals surface area contributed by atoms with Crippen molar-refractivity contribution in [2.24, 2.45) is 7.05 Å². The highest BCUT2D eigenvalue weighted by molar-refractivity contribution is 5.94. The fourth-order valence-electron chi connectivity index (χ4n) is 2.98. The van der Waals surface area contributed by atoms with Gasteiger partial charge in [0.2, 0.25) is 5.91 Å². The van der Waals surface area contributed by atoms with E-state index in [0.29, 0.717) is 28.6 Å². The number of ether oxygens (including phenoxy) is 2. The van der Waals surface area contributed by atoms with Crippen LogP contribution in [-0.2, 0) is 11.8 Å². The highest BCUT2D eigenvalue weighted by Crippen LogP contribution is 2.28. The molecule has 2 amide bonds. The van der Waals surface area contributed by atoms with Crippen LogP contribution in [0.1, 0.15) is 17.4 Å². The van der Waals surface area contributed by atoms with E-state index in [-0.39, 0.29) is 25.0 Å². The lowest BCUT2D eigenvalue weighted by Gasteiger charge is -2.05. The summed E-state index contributed by atoms with van der Waals surface area (Å²) in [6, 6.07) is 16.3. The Hall–Kier alpha value is -4.25. The summed E-state index contributed by atoms with van der Waals surface area (Å²) >= 11 is 0. The fourth-order valence-corrected chi connectivity index (χ4v) is 2.98. The van der Waals surface area contributed by atoms with E-state index in [2.05, 4.69) is 27.6 Å². The number of nitrogens with one attached hydrogen (secondary N) is 2. The molecule has 0 fully saturated rings. The summed E-state index contributed by atoms with van der Waals surface area (Å²) < 4.78 is 12.4. The monoisotopic (exact) mass is 432 g/mol. The van der Waals surface area contributed by atoms with Crippen LogP contribution in [0.2, 0.25) is 0 Å². The minimum Gasteiger partial charge on any atom is -0.496 e. The van der Waals surface area contributed by atoms with Crippen LogP contribution in [0.15, 0.2) is 54.6 Å². The number of nitrogens with zero attached hydrogens (tertiary/aromatic N) is 2. The van der Waals surface area contributed by atoms with Crippen molar-refractivity contribution >= 4 is 17.5 Å². The van der Waals surface area contributed by atoms with E-state index in [0.717, 1.165) is 5.56 Å². The Bertz CT molecular complexity index is 1170. The summed E-state index contributed by atoms with van der Waals surface area (Å²) in [5, 5.41) is 9.87. The summed E-state index contributed by atoms with van der Waals surface area (Å²) in [4.78, 5) is 23.6. The third-order valence-corrected chi connectivity index (χ3v) is 4.42. The number of hydrogen-bond acceptors (Lipinski definition) is 5. The Morgan fingerprint density at radius 1 is 1.09 bits per heavy atom. The van der Waals surface area contributed by atoms with E-state index in [1.807, 2.05) is 24.3 Å². The lowest BCUT2D eigenvalue weighted by molar-refractivity contribution is -0.114. The van der Waals surface area contributed by atoms with Crippen LogP contribution in [-0.4, -0.2) is 41.9 Å². The van der Waals surface area contributed by atoms with E-state index in [1.165, 1.54) is 11.6 Å². The molecule has 8 nitrogen and oxygen atoms in total. The van der Waals surface area contributed by atoms with Gasteiger partial charge in [0.15, 0.2) is 0 Å². The van der Waals surface area contributed by atoms with Gasteiger partial charge in [-0.1, -0.05) is 30.0 Å². The SMILES string of the molecule is COc1ccccc1-c1cc(C(=O)NCC#CCOc2cccc(NC(C)=O)c2)n(C)n1. The molecule has 0 bridgehead atoms. The van der Waals surface area contributed by atoms with Crippen LogP contribution in [0.4, 0.5) is 5.69 Å². The molecule has 0 radical (unpaired) electrons. The van der Waals surface area contributed by atoms with E-state index < -0.39 is 0 Å². The zero-order valence-corrected chi connectivity index (χ0v) is 18.1. The molecule has 2 N–H and O–H groups in total. The Labute approximate surface area is 186 Å². The highest BCUT2D eigenvalue weighted by Gasteiger charge is 2.15. The van der Waals surface area contributed by atoms with Crippen LogP contribution in [0.5, 0.6) is 11.5 Å². The molecule has 32 heavy (non-hydrogen) atoms. The molecule has 0 aliphatic heterocycles. The molecule has 0 spiro atoms. The number of benzene rings is 2. The first-order valence-corrected chi connectivity index (χ1v) is 9.89. The summed E-state index contributed by atoms with van der Waals surface area (Å²) in [7, 11) is 3.31. The maximum atomic E-state index is 12.5. The molecular weight excluding hydrogens is 408 g/mol. The number of carbonyl (C=O) groups is 2. The van der Waals surface area contributed by atoms with Crippen molar-refractivity contribution in [2.45, 2.75) is 6.92 Å². The molecular formula is C24H24N4O4. The predicted octanol–water partition coefficient (Wildman–Crippen LogP) is 2.87. The second kappa shape index (κ2) is 10.7. The summed E-state index contributed by atoms with van der Waals surface area (Å²) in [5.74, 6) is 6.55. The van der Waals surface area contributed by atoms with Crippen molar-refractivity contribution in [1.82, 2.24) is 15.1 Å². The van der Waals surface area contributed by atoms with Crippen LogP contribution in [0.3, 0.4) is 0 Å². The van der Waals surface area contributed by atoms with Crippen LogP contribution in [0.25, 0.3) is 11.3 Å². The average Bonchev–Trinajstić information content (AvgIpc) is 3.17. The molecule has 8 heteroatoms. The first kappa shape index (κ1) is 22.4. The van der Waals surface area contributed by atoms with Gasteiger partial charge in [-0.3, -0.25) is 14.3 Å². The van der Waals surface area contributed by atoms with Gasteiger partial charge in [-0.2, -0.15) is 5.10 Å². The zero-order chi connectivity index (χ0) is 22.9. The standard InChI is InChI=1S/C24H24N4O4/c1-17(29)26-18-9-8-10-19(15-18)32-14-7-6-13-25-24(30)22-16-21(27-28(22)2)20-11-4-5-12-23(20)31-3/h4-5,8-12,15-16H,13-14H2,1-3H3,(H,25,30)(H,26,29). The largest absolute Gasteiger partial charge is 0.496 e. The van der Waals surface area contributed by atoms with E-state index in [9.17, 15) is 9.59 Å². The first-order chi connectivity index (χ1) is 15.5. The Kier molecular flexibility index (Phi) is 7.49. The second-order valence-electron chi connectivity index (χ2n) is 6.77. The van der Waals surface area contributed by atoms with E-state index in [4.69, 9.17) is 9.47 Å². The third-order valence-electron chi connectivity index (χ3n) is 4.42. The zero-order valence-electron chi connectivity index (χ0n) is 18.1. The van der Waals surface area contributed by atoms with Gasteiger partial charge < -0.3 is 20.1 Å². The number of hydrogen-bond donors (Lipinski definition) is 2. The molecule has 0 aliphatic carbocycles. The number of methoxy groups -OCH3 is 1. The van der Waals surface area contributed by atoms with Gasteiger partial charge in [0.1, 0.15) is 23.8 Å². The van der Waals surface area contributed by atoms with Crippen LogP contribution >= 0.6 is 0 Å². The second-order valence-corrected chi connectivity index (χ2v) is 6.77. The Morgan fingerprint density at radius 2 is 1.91 bits per heavy atom. The fraction of sp³-hybridized carbons (Fsp3) is 0.208. The van der Waals surface area contributed by atoms with Gasteiger partial charge in [-0.15, -0.1) is 0 Å². The van der Waals surface area contributed by atoms with Gasteiger partial charge in [0, 0.05) is 31.3 Å². The van der Waals surface area contributed by atoms with Crippen molar-refractivity contribution in [1.29, 1.82) is 0 Å². The number of aryl methyl sites for hydroxylation is 1. The van der Waals surface area contributed by atoms with E-state index >= 15 is 0 Å². The number of carbonyl (C=O) groups excluding carboxylic acids is 2. The van der Waals surface area contributed by atoms with Crippen molar-refractivity contribution in [3.8, 4) is 34.6 Å². The maximum absolute atomic E-state index is 12.5. The summed E-state index contributed by atoms with van der Waals surface area (Å²) in [6.07, 6.45) is 0. The van der Waals surface area contributed by atoms with Gasteiger partial charge in [0.05, 0.1) is 19.3 Å². The van der Waals surface area contributed by atoms with Crippen molar-refractivity contribution in [3.05, 3.63) is 60.3 Å². The smallest absolute Gasteiger partial charge is 0.270 e. The van der Waals surface area contributed by atoms with Crippen molar-refractivity contribution in [2.75, 3.05) is 25.6 Å². The molecule has 3 aromatic rings. The number of para-hydroxylation sites is 1. The lowest BCUT2D eigenvalue weighted by Crippen LogP contribution is -2.25. The summed E-state index contributed by atoms with van der Waals surface area (Å²) in [6.45, 7) is 1.77. The van der Waals surface area contributed by atoms with Crippen molar-refractivity contribution in [3.63, 3.8) is 0 Å². The quantitative estimate of drug-likeness (QED) is 0.560. The van der Waals surface area contributed by atoms with Gasteiger partial charge >= 0.3 is 0 Å². The predicted molar refractivity (Wildman–Crippen MR) is 122 cm³/mol. The lowest BCUT2D eigenvalue weighted by atomic mass is 10.1. The molecule has 3 rings (SSSR count). The molecule has 0 unspecified atom stereocenters. The molecule has 0 atom stereocenters. The molecule has 0 saturated heterocycles. The minimum absolute atomic E-state index is 0.152. The molecule has 0 saturated carbocycles. The molecule has 164 valence electrons.